The Morgan fingerprint density at radius 1 is 1.54 bits per heavy atom. The first-order valence-electron chi connectivity index (χ1n) is 4.83. The SMILES string of the molecule is CCCC(O)CNC(=O)[C@@H](N)CC. The Bertz CT molecular complexity index is 151. The Balaban J connectivity index is 3.57. The number of rotatable bonds is 6. The molecule has 4 nitrogen and oxygen atoms in total. The van der Waals surface area contributed by atoms with E-state index in [-0.39, 0.29) is 5.91 Å². The molecule has 0 saturated carbocycles. The summed E-state index contributed by atoms with van der Waals surface area (Å²) in [6.45, 7) is 4.15. The number of nitrogens with two attached hydrogens (primary N) is 1. The zero-order chi connectivity index (χ0) is 10.3. The molecule has 1 amide bonds. The van der Waals surface area contributed by atoms with E-state index in [2.05, 4.69) is 5.32 Å². The van der Waals surface area contributed by atoms with Gasteiger partial charge in [-0.15, -0.1) is 0 Å². The van der Waals surface area contributed by atoms with Crippen LogP contribution in [0.3, 0.4) is 0 Å². The molecular formula is C9H20N2O2. The second-order valence-electron chi connectivity index (χ2n) is 3.20. The van der Waals surface area contributed by atoms with Crippen LogP contribution in [0.5, 0.6) is 0 Å². The van der Waals surface area contributed by atoms with Gasteiger partial charge in [0.15, 0.2) is 0 Å². The van der Waals surface area contributed by atoms with Crippen molar-refractivity contribution in [1.82, 2.24) is 5.32 Å². The maximum atomic E-state index is 11.1. The molecule has 0 heterocycles. The lowest BCUT2D eigenvalue weighted by Crippen LogP contribution is -2.43. The van der Waals surface area contributed by atoms with Crippen LogP contribution in [0, 0.1) is 0 Å². The number of amides is 1. The number of aliphatic hydroxyl groups excluding tert-OH is 1. The molecule has 0 rings (SSSR count). The standard InChI is InChI=1S/C9H20N2O2/c1-3-5-7(12)6-11-9(13)8(10)4-2/h7-8,12H,3-6,10H2,1-2H3,(H,11,13)/t7?,8-/m0/s1. The van der Waals surface area contributed by atoms with Crippen molar-refractivity contribution in [2.24, 2.45) is 5.73 Å². The normalized spacial score (nSPS) is 15.1. The Kier molecular flexibility index (Phi) is 6.54. The van der Waals surface area contributed by atoms with E-state index < -0.39 is 12.1 Å². The fraction of sp³-hybridized carbons (Fsp3) is 0.889. The van der Waals surface area contributed by atoms with Gasteiger partial charge in [-0.2, -0.15) is 0 Å². The molecule has 0 aliphatic heterocycles. The smallest absolute Gasteiger partial charge is 0.236 e. The van der Waals surface area contributed by atoms with Gasteiger partial charge in [0.05, 0.1) is 12.1 Å². The van der Waals surface area contributed by atoms with Gasteiger partial charge in [0.25, 0.3) is 0 Å². The van der Waals surface area contributed by atoms with Gasteiger partial charge in [-0.25, -0.2) is 0 Å². The quantitative estimate of drug-likeness (QED) is 0.549. The first kappa shape index (κ1) is 12.4. The Morgan fingerprint density at radius 2 is 2.15 bits per heavy atom. The van der Waals surface area contributed by atoms with Gasteiger partial charge in [0, 0.05) is 6.54 Å². The van der Waals surface area contributed by atoms with Crippen molar-refractivity contribution >= 4 is 5.91 Å². The third-order valence-electron chi connectivity index (χ3n) is 1.91. The van der Waals surface area contributed by atoms with Gasteiger partial charge in [-0.1, -0.05) is 20.3 Å². The molecule has 0 aliphatic carbocycles. The van der Waals surface area contributed by atoms with Crippen molar-refractivity contribution < 1.29 is 9.90 Å². The summed E-state index contributed by atoms with van der Waals surface area (Å²) in [6, 6.07) is -0.450. The van der Waals surface area contributed by atoms with Crippen LogP contribution in [-0.4, -0.2) is 29.7 Å². The van der Waals surface area contributed by atoms with E-state index in [1.165, 1.54) is 0 Å². The molecule has 4 heteroatoms. The third-order valence-corrected chi connectivity index (χ3v) is 1.91. The molecule has 78 valence electrons. The average Bonchev–Trinajstić information content (AvgIpc) is 2.13. The van der Waals surface area contributed by atoms with E-state index in [1.807, 2.05) is 13.8 Å². The highest BCUT2D eigenvalue weighted by molar-refractivity contribution is 5.81. The molecule has 0 aliphatic rings. The second-order valence-corrected chi connectivity index (χ2v) is 3.20. The average molecular weight is 188 g/mol. The van der Waals surface area contributed by atoms with Crippen LogP contribution in [0.4, 0.5) is 0 Å². The van der Waals surface area contributed by atoms with E-state index in [9.17, 15) is 9.90 Å². The van der Waals surface area contributed by atoms with Gasteiger partial charge in [-0.3, -0.25) is 4.79 Å². The van der Waals surface area contributed by atoms with Gasteiger partial charge in [0.2, 0.25) is 5.91 Å². The van der Waals surface area contributed by atoms with Gasteiger partial charge in [0.1, 0.15) is 0 Å². The zero-order valence-corrected chi connectivity index (χ0v) is 8.42. The summed E-state index contributed by atoms with van der Waals surface area (Å²) in [6.07, 6.45) is 1.80. The van der Waals surface area contributed by atoms with Crippen LogP contribution >= 0.6 is 0 Å². The number of aliphatic hydroxyl groups is 1. The predicted molar refractivity (Wildman–Crippen MR) is 52.2 cm³/mol. The molecule has 0 aromatic heterocycles. The van der Waals surface area contributed by atoms with E-state index in [0.29, 0.717) is 19.4 Å². The summed E-state index contributed by atoms with van der Waals surface area (Å²) >= 11 is 0. The number of hydrogen-bond acceptors (Lipinski definition) is 3. The number of hydrogen-bond donors (Lipinski definition) is 3. The van der Waals surface area contributed by atoms with Crippen LogP contribution in [0.1, 0.15) is 33.1 Å². The predicted octanol–water partition coefficient (Wildman–Crippen LogP) is 0.000900. The van der Waals surface area contributed by atoms with Crippen molar-refractivity contribution in [2.45, 2.75) is 45.3 Å². The minimum atomic E-state index is -0.450. The van der Waals surface area contributed by atoms with Crippen molar-refractivity contribution in [3.8, 4) is 0 Å². The first-order chi connectivity index (χ1) is 6.11. The molecule has 1 unspecified atom stereocenters. The van der Waals surface area contributed by atoms with E-state index >= 15 is 0 Å². The molecule has 0 radical (unpaired) electrons. The lowest BCUT2D eigenvalue weighted by Gasteiger charge is -2.13. The maximum absolute atomic E-state index is 11.1. The fourth-order valence-electron chi connectivity index (χ4n) is 0.970. The zero-order valence-electron chi connectivity index (χ0n) is 8.42. The summed E-state index contributed by atoms with van der Waals surface area (Å²) in [5, 5.41) is 11.9. The van der Waals surface area contributed by atoms with Crippen molar-refractivity contribution in [3.05, 3.63) is 0 Å². The van der Waals surface area contributed by atoms with Gasteiger partial charge >= 0.3 is 0 Å². The Hall–Kier alpha value is -0.610. The lowest BCUT2D eigenvalue weighted by molar-refractivity contribution is -0.122. The summed E-state index contributed by atoms with van der Waals surface area (Å²) < 4.78 is 0. The van der Waals surface area contributed by atoms with Crippen LogP contribution < -0.4 is 11.1 Å². The number of nitrogens with one attached hydrogen (secondary N) is 1. The highest BCUT2D eigenvalue weighted by Gasteiger charge is 2.11. The monoisotopic (exact) mass is 188 g/mol. The third kappa shape index (κ3) is 5.60. The Morgan fingerprint density at radius 3 is 2.62 bits per heavy atom. The van der Waals surface area contributed by atoms with Crippen LogP contribution in [0.25, 0.3) is 0 Å². The molecular weight excluding hydrogens is 168 g/mol. The molecule has 0 saturated heterocycles. The van der Waals surface area contributed by atoms with Crippen molar-refractivity contribution in [3.63, 3.8) is 0 Å². The van der Waals surface area contributed by atoms with E-state index in [4.69, 9.17) is 5.73 Å². The number of carbonyl (C=O) groups excluding carboxylic acids is 1. The topological polar surface area (TPSA) is 75.3 Å². The molecule has 0 fully saturated rings. The molecule has 0 spiro atoms. The van der Waals surface area contributed by atoms with Gasteiger partial charge < -0.3 is 16.2 Å². The number of carbonyl (C=O) groups is 1. The Labute approximate surface area is 79.5 Å². The second kappa shape index (κ2) is 6.86. The maximum Gasteiger partial charge on any atom is 0.236 e. The lowest BCUT2D eigenvalue weighted by atomic mass is 10.2. The summed E-state index contributed by atoms with van der Waals surface area (Å²) in [5.41, 5.74) is 5.48. The largest absolute Gasteiger partial charge is 0.391 e. The molecule has 2 atom stereocenters. The van der Waals surface area contributed by atoms with E-state index in [0.717, 1.165) is 6.42 Å². The highest BCUT2D eigenvalue weighted by atomic mass is 16.3. The summed E-state index contributed by atoms with van der Waals surface area (Å²) in [5.74, 6) is -0.183. The molecule has 0 bridgehead atoms. The minimum absolute atomic E-state index is 0.183. The molecule has 0 aromatic rings. The molecule has 0 aromatic carbocycles. The van der Waals surface area contributed by atoms with E-state index in [1.54, 1.807) is 0 Å². The van der Waals surface area contributed by atoms with Crippen molar-refractivity contribution in [2.75, 3.05) is 6.54 Å². The first-order valence-corrected chi connectivity index (χ1v) is 4.83. The summed E-state index contributed by atoms with van der Waals surface area (Å²) in [7, 11) is 0. The highest BCUT2D eigenvalue weighted by Crippen LogP contribution is 1.94. The van der Waals surface area contributed by atoms with Gasteiger partial charge in [-0.05, 0) is 12.8 Å². The van der Waals surface area contributed by atoms with Crippen LogP contribution in [0.15, 0.2) is 0 Å². The van der Waals surface area contributed by atoms with Crippen LogP contribution in [0.2, 0.25) is 0 Å². The minimum Gasteiger partial charge on any atom is -0.391 e. The fourth-order valence-corrected chi connectivity index (χ4v) is 0.970. The molecule has 4 N–H and O–H groups in total. The summed E-state index contributed by atoms with van der Waals surface area (Å²) in [4.78, 5) is 11.1. The van der Waals surface area contributed by atoms with Crippen molar-refractivity contribution in [1.29, 1.82) is 0 Å². The van der Waals surface area contributed by atoms with Crippen LogP contribution in [-0.2, 0) is 4.79 Å². The molecule has 13 heavy (non-hydrogen) atoms.